The number of aromatic nitrogens is 10. The summed E-state index contributed by atoms with van der Waals surface area (Å²) in [5.41, 5.74) is 20.0. The molecule has 16 heteroatoms. The Balaban J connectivity index is 0.625. The molecule has 24 aromatic rings. The fraction of sp³-hybridized carbons (Fsp3) is 0. The summed E-state index contributed by atoms with van der Waals surface area (Å²) in [5.74, 6) is 3.99. The van der Waals surface area contributed by atoms with E-state index in [-0.39, 0.29) is 0 Å². The molecule has 0 unspecified atom stereocenters. The van der Waals surface area contributed by atoms with E-state index in [4.69, 9.17) is 76.3 Å². The largest absolute Gasteiger partial charge is 0.456 e. The van der Waals surface area contributed by atoms with Gasteiger partial charge < -0.3 is 26.5 Å². The van der Waals surface area contributed by atoms with Crippen molar-refractivity contribution in [2.75, 3.05) is 0 Å². The van der Waals surface area contributed by atoms with Crippen molar-refractivity contribution in [2.45, 2.75) is 0 Å². The van der Waals surface area contributed by atoms with Crippen LogP contribution in [0.5, 0.6) is 0 Å². The van der Waals surface area contributed by atoms with Crippen LogP contribution in [0.3, 0.4) is 0 Å². The molecule has 14 aromatic carbocycles. The maximum Gasteiger partial charge on any atom is 0.180 e. The van der Waals surface area contributed by atoms with Crippen LogP contribution in [0.25, 0.3) is 257 Å². The molecule has 114 heavy (non-hydrogen) atoms. The summed E-state index contributed by atoms with van der Waals surface area (Å²) in [5, 5.41) is 8.92. The Morgan fingerprint density at radius 2 is 0.491 bits per heavy atom. The van der Waals surface area contributed by atoms with Crippen molar-refractivity contribution in [3.8, 4) is 125 Å². The number of hydrogen-bond acceptors (Lipinski definition) is 16. The molecule has 10 aromatic heterocycles. The summed E-state index contributed by atoms with van der Waals surface area (Å²) in [6.45, 7) is 0. The molecule has 0 saturated heterocycles. The second kappa shape index (κ2) is 24.8. The first-order valence-electron chi connectivity index (χ1n) is 37.4. The Hall–Kier alpha value is -15.9. The molecule has 16 nitrogen and oxygen atoms in total. The predicted molar refractivity (Wildman–Crippen MR) is 448 cm³/mol. The highest BCUT2D eigenvalue weighted by atomic mass is 16.4. The standard InChI is InChI=1S/C98H52N10O6/c1-4-23-53(24-5-1)91-103-92(54-25-6-2-7-26-54)106-95(105-91)67-38-21-47-76-80(67)66-37-19-42-71(88(66)114-76)98-101-84-63-33-12-15-45-74(63)111-90(84)85(102-98)69-40-17-35-64-79-59(34-20-46-75(79)112-86(64)69)56-29-16-30-58(51-56)94-104-93(55-27-8-3-9-28-55)107-96(108-94)68-39-22-48-77-81(68)65-36-18-41-70(87(65)113-77)97-99-82(89-83(100-97)62-32-11-14-44-73(62)110-89)57-49-50-61-60-31-10-13-43-72(60)109-78(61)52-57/h1-52H. The van der Waals surface area contributed by atoms with Gasteiger partial charge in [0.2, 0.25) is 0 Å². The Morgan fingerprint density at radius 3 is 1.02 bits per heavy atom. The number of fused-ring (bicyclic) bond motifs is 18. The van der Waals surface area contributed by atoms with Crippen LogP contribution in [0.2, 0.25) is 0 Å². The van der Waals surface area contributed by atoms with Crippen LogP contribution in [0.1, 0.15) is 0 Å². The van der Waals surface area contributed by atoms with Crippen molar-refractivity contribution in [3.05, 3.63) is 315 Å². The van der Waals surface area contributed by atoms with E-state index in [1.54, 1.807) is 0 Å². The minimum atomic E-state index is 0.438. The van der Waals surface area contributed by atoms with E-state index in [2.05, 4.69) is 54.6 Å². The molecule has 10 heterocycles. The van der Waals surface area contributed by atoms with E-state index >= 15 is 0 Å². The highest BCUT2D eigenvalue weighted by Crippen LogP contribution is 2.48. The second-order valence-corrected chi connectivity index (χ2v) is 28.3. The van der Waals surface area contributed by atoms with Crippen molar-refractivity contribution in [2.24, 2.45) is 0 Å². The number of furan rings is 6. The van der Waals surface area contributed by atoms with Gasteiger partial charge in [0.15, 0.2) is 57.8 Å². The van der Waals surface area contributed by atoms with E-state index < -0.39 is 0 Å². The molecular weight excluding hydrogens is 1410 g/mol. The summed E-state index contributed by atoms with van der Waals surface area (Å²) in [6.07, 6.45) is 0. The van der Waals surface area contributed by atoms with Gasteiger partial charge in [0.05, 0.1) is 11.1 Å². The summed E-state index contributed by atoms with van der Waals surface area (Å²) < 4.78 is 41.0. The van der Waals surface area contributed by atoms with E-state index in [0.29, 0.717) is 136 Å². The molecule has 24 rings (SSSR count). The predicted octanol–water partition coefficient (Wildman–Crippen LogP) is 25.4. The van der Waals surface area contributed by atoms with Gasteiger partial charge in [0.25, 0.3) is 0 Å². The minimum Gasteiger partial charge on any atom is -0.456 e. The van der Waals surface area contributed by atoms with Crippen LogP contribution in [0.4, 0.5) is 0 Å². The quantitative estimate of drug-likeness (QED) is 0.118. The fourth-order valence-corrected chi connectivity index (χ4v) is 16.5. The number of para-hydroxylation sites is 6. The smallest absolute Gasteiger partial charge is 0.180 e. The van der Waals surface area contributed by atoms with Gasteiger partial charge in [-0.1, -0.05) is 231 Å². The van der Waals surface area contributed by atoms with E-state index in [1.165, 1.54) is 0 Å². The summed E-state index contributed by atoms with van der Waals surface area (Å²) in [6, 6.07) is 105. The molecular formula is C98H52N10O6. The normalized spacial score (nSPS) is 12.0. The molecule has 0 saturated carbocycles. The van der Waals surface area contributed by atoms with Gasteiger partial charge in [-0.05, 0) is 96.1 Å². The molecule has 0 N–H and O–H groups in total. The fourth-order valence-electron chi connectivity index (χ4n) is 16.5. The Morgan fingerprint density at radius 1 is 0.158 bits per heavy atom. The average Bonchev–Trinajstić information content (AvgIpc) is 1.58. The Labute approximate surface area is 644 Å². The van der Waals surface area contributed by atoms with Gasteiger partial charge in [0.1, 0.15) is 78.3 Å². The highest BCUT2D eigenvalue weighted by molar-refractivity contribution is 6.20. The molecule has 0 atom stereocenters. The van der Waals surface area contributed by atoms with Gasteiger partial charge in [-0.15, -0.1) is 0 Å². The summed E-state index contributed by atoms with van der Waals surface area (Å²) in [7, 11) is 0. The minimum absolute atomic E-state index is 0.438. The maximum absolute atomic E-state index is 7.13. The zero-order valence-corrected chi connectivity index (χ0v) is 59.9. The number of nitrogens with zero attached hydrogens (tertiary/aromatic N) is 10. The zero-order valence-electron chi connectivity index (χ0n) is 59.9. The van der Waals surface area contributed by atoms with Crippen LogP contribution in [0, 0.1) is 0 Å². The lowest BCUT2D eigenvalue weighted by Crippen LogP contribution is -2.00. The van der Waals surface area contributed by atoms with Crippen molar-refractivity contribution in [1.29, 1.82) is 0 Å². The second-order valence-electron chi connectivity index (χ2n) is 28.3. The van der Waals surface area contributed by atoms with Gasteiger partial charge in [-0.3, -0.25) is 0 Å². The lowest BCUT2D eigenvalue weighted by molar-refractivity contribution is 0.662. The first-order chi connectivity index (χ1) is 56.5. The topological polar surface area (TPSA) is 208 Å². The first kappa shape index (κ1) is 63.0. The SMILES string of the molecule is c1ccc(-c2nc(-c3cccc(-c4cccc5oc6c(-c7nc(-c8cccc9c8oc8cccc(-c%10nc(-c%11ccccc%11)nc(-c%11ccccc%11)n%10)c89)nc8c7oc7ccccc78)cccc6c45)c3)nc(-c3cccc4oc5c(-c6nc(-c7ccc8c(c7)oc7ccccc78)c7oc8ccccc8c7n6)cccc5c34)n2)cc1. The first-order valence-corrected chi connectivity index (χ1v) is 37.4. The van der Waals surface area contributed by atoms with Crippen molar-refractivity contribution < 1.29 is 26.5 Å². The van der Waals surface area contributed by atoms with Gasteiger partial charge in [-0.25, -0.2) is 49.8 Å². The highest BCUT2D eigenvalue weighted by Gasteiger charge is 2.29. The van der Waals surface area contributed by atoms with Gasteiger partial charge in [-0.2, -0.15) is 0 Å². The zero-order chi connectivity index (χ0) is 74.6. The van der Waals surface area contributed by atoms with Gasteiger partial charge in [0, 0.05) is 98.4 Å². The third-order valence-electron chi connectivity index (χ3n) is 21.7. The molecule has 0 amide bonds. The van der Waals surface area contributed by atoms with Crippen molar-refractivity contribution in [1.82, 2.24) is 49.8 Å². The molecule has 0 aliphatic carbocycles. The molecule has 0 aliphatic heterocycles. The Bertz CT molecular complexity index is 8090. The van der Waals surface area contributed by atoms with Gasteiger partial charge >= 0.3 is 0 Å². The summed E-state index contributed by atoms with van der Waals surface area (Å²) in [4.78, 5) is 52.9. The monoisotopic (exact) mass is 1460 g/mol. The number of rotatable bonds is 11. The number of hydrogen-bond donors (Lipinski definition) is 0. The molecule has 0 aliphatic rings. The van der Waals surface area contributed by atoms with Crippen LogP contribution < -0.4 is 0 Å². The van der Waals surface area contributed by atoms with Crippen LogP contribution in [-0.4, -0.2) is 49.8 Å². The van der Waals surface area contributed by atoms with E-state index in [9.17, 15) is 0 Å². The maximum atomic E-state index is 7.13. The lowest BCUT2D eigenvalue weighted by Gasteiger charge is -2.11. The lowest BCUT2D eigenvalue weighted by atomic mass is 9.96. The van der Waals surface area contributed by atoms with Crippen molar-refractivity contribution >= 4 is 132 Å². The van der Waals surface area contributed by atoms with Crippen molar-refractivity contribution in [3.63, 3.8) is 0 Å². The van der Waals surface area contributed by atoms with Crippen LogP contribution in [-0.2, 0) is 0 Å². The molecule has 0 radical (unpaired) electrons. The molecule has 0 fully saturated rings. The van der Waals surface area contributed by atoms with E-state index in [0.717, 1.165) is 121 Å². The molecule has 0 bridgehead atoms. The summed E-state index contributed by atoms with van der Waals surface area (Å²) >= 11 is 0. The van der Waals surface area contributed by atoms with Crippen LogP contribution >= 0.6 is 0 Å². The third kappa shape index (κ3) is 9.90. The molecule has 0 spiro atoms. The number of benzene rings is 14. The Kier molecular flexibility index (Phi) is 13.7. The van der Waals surface area contributed by atoms with Crippen LogP contribution in [0.15, 0.2) is 342 Å². The third-order valence-corrected chi connectivity index (χ3v) is 21.7. The van der Waals surface area contributed by atoms with E-state index in [1.807, 2.05) is 261 Å². The average molecular weight is 1470 g/mol. The molecule has 530 valence electrons.